The maximum absolute atomic E-state index is 11.2. The van der Waals surface area contributed by atoms with E-state index in [4.69, 9.17) is 21.5 Å². The average molecular weight is 329 g/mol. The predicted octanol–water partition coefficient (Wildman–Crippen LogP) is 2.22. The van der Waals surface area contributed by atoms with E-state index in [-0.39, 0.29) is 5.15 Å². The first-order valence-electron chi connectivity index (χ1n) is 5.22. The Morgan fingerprint density at radius 1 is 1.33 bits per heavy atom. The normalized spacial score (nSPS) is 10.2. The fourth-order valence-corrected chi connectivity index (χ4v) is 1.15. The summed E-state index contributed by atoms with van der Waals surface area (Å²) in [6.45, 7) is 0. The first-order chi connectivity index (χ1) is 9.48. The van der Waals surface area contributed by atoms with Crippen LogP contribution in [0.5, 0.6) is 0 Å². The molecule has 0 aromatic carbocycles. The zero-order valence-corrected chi connectivity index (χ0v) is 12.0. The number of carboxylic acids is 1. The molecule has 0 aliphatic rings. The molecule has 1 aromatic rings. The number of anilines is 1. The molecule has 0 fully saturated rings. The second-order valence-corrected chi connectivity index (χ2v) is 4.11. The van der Waals surface area contributed by atoms with Gasteiger partial charge in [-0.1, -0.05) is 11.6 Å². The van der Waals surface area contributed by atoms with Gasteiger partial charge in [-0.2, -0.15) is 13.2 Å². The van der Waals surface area contributed by atoms with Crippen LogP contribution in [0.1, 0.15) is 10.4 Å². The molecule has 1 aromatic heterocycles. The Bertz CT molecular complexity index is 521. The van der Waals surface area contributed by atoms with Gasteiger partial charge in [0.25, 0.3) is 0 Å². The van der Waals surface area contributed by atoms with Crippen molar-refractivity contribution in [3.8, 4) is 0 Å². The zero-order chi connectivity index (χ0) is 16.8. The molecule has 0 saturated carbocycles. The predicted molar refractivity (Wildman–Crippen MR) is 68.6 cm³/mol. The van der Waals surface area contributed by atoms with E-state index in [0.29, 0.717) is 11.4 Å². The Balaban J connectivity index is 0.000000486. The van der Waals surface area contributed by atoms with E-state index in [1.807, 2.05) is 14.1 Å². The largest absolute Gasteiger partial charge is 0.490 e. The second-order valence-electron chi connectivity index (χ2n) is 3.73. The Morgan fingerprint density at radius 2 is 1.81 bits per heavy atom. The smallest absolute Gasteiger partial charge is 0.475 e. The Labute approximate surface area is 123 Å². The number of carbonyl (C=O) groups is 2. The number of aliphatic carboxylic acids is 1. The average Bonchev–Trinajstić information content (AvgIpc) is 2.36. The molecule has 10 heteroatoms. The van der Waals surface area contributed by atoms with E-state index in [0.717, 1.165) is 0 Å². The monoisotopic (exact) mass is 328 g/mol. The highest BCUT2D eigenvalue weighted by Crippen LogP contribution is 2.17. The third-order valence-corrected chi connectivity index (χ3v) is 2.10. The molecule has 0 aliphatic heterocycles. The minimum atomic E-state index is -5.08. The molecule has 0 radical (unpaired) electrons. The van der Waals surface area contributed by atoms with Gasteiger partial charge in [0, 0.05) is 14.1 Å². The molecule has 6 nitrogen and oxygen atoms in total. The summed E-state index contributed by atoms with van der Waals surface area (Å²) in [7, 11) is 4.96. The van der Waals surface area contributed by atoms with Gasteiger partial charge in [-0.05, 0) is 12.1 Å². The van der Waals surface area contributed by atoms with Crippen molar-refractivity contribution in [2.45, 2.75) is 6.18 Å². The fourth-order valence-electron chi connectivity index (χ4n) is 0.948. The Hall–Kier alpha value is -2.03. The third kappa shape index (κ3) is 6.80. The number of nitrogens with zero attached hydrogens (tertiary/aromatic N) is 2. The van der Waals surface area contributed by atoms with E-state index >= 15 is 0 Å². The Kier molecular flexibility index (Phi) is 6.93. The third-order valence-electron chi connectivity index (χ3n) is 1.90. The summed E-state index contributed by atoms with van der Waals surface area (Å²) >= 11 is 5.75. The van der Waals surface area contributed by atoms with Crippen LogP contribution < -0.4 is 4.90 Å². The number of methoxy groups -OCH3 is 1. The maximum Gasteiger partial charge on any atom is 0.490 e. The van der Waals surface area contributed by atoms with Crippen molar-refractivity contribution in [1.29, 1.82) is 0 Å². The lowest BCUT2D eigenvalue weighted by Crippen LogP contribution is -2.21. The second kappa shape index (κ2) is 7.67. The summed E-state index contributed by atoms with van der Waals surface area (Å²) in [5.74, 6) is -2.55. The van der Waals surface area contributed by atoms with Crippen molar-refractivity contribution in [3.05, 3.63) is 22.8 Å². The van der Waals surface area contributed by atoms with E-state index in [2.05, 4.69) is 9.72 Å². The first-order valence-corrected chi connectivity index (χ1v) is 5.60. The molecule has 0 amide bonds. The van der Waals surface area contributed by atoms with Gasteiger partial charge in [0.15, 0.2) is 0 Å². The number of pyridine rings is 1. The molecule has 0 unspecified atom stereocenters. The summed E-state index contributed by atoms with van der Waals surface area (Å²) < 4.78 is 36.3. The molecule has 0 saturated heterocycles. The van der Waals surface area contributed by atoms with Crippen LogP contribution in [0, 0.1) is 0 Å². The summed E-state index contributed by atoms with van der Waals surface area (Å²) in [6, 6.07) is 3.10. The maximum atomic E-state index is 11.2. The van der Waals surface area contributed by atoms with Gasteiger partial charge in [-0.3, -0.25) is 0 Å². The zero-order valence-electron chi connectivity index (χ0n) is 11.2. The Morgan fingerprint density at radius 3 is 2.14 bits per heavy atom. The van der Waals surface area contributed by atoms with Gasteiger partial charge in [0.05, 0.1) is 12.7 Å². The summed E-state index contributed by atoms with van der Waals surface area (Å²) in [5, 5.41) is 7.40. The van der Waals surface area contributed by atoms with Crippen LogP contribution in [0.2, 0.25) is 5.15 Å². The molecular formula is C11H12ClF3N2O4. The lowest BCUT2D eigenvalue weighted by molar-refractivity contribution is -0.192. The molecule has 0 aliphatic carbocycles. The van der Waals surface area contributed by atoms with Gasteiger partial charge in [-0.25, -0.2) is 14.6 Å². The molecule has 118 valence electrons. The van der Waals surface area contributed by atoms with Crippen molar-refractivity contribution < 1.29 is 32.6 Å². The van der Waals surface area contributed by atoms with E-state index in [1.165, 1.54) is 13.2 Å². The highest BCUT2D eigenvalue weighted by atomic mass is 35.5. The van der Waals surface area contributed by atoms with Crippen LogP contribution >= 0.6 is 11.6 Å². The number of hydrogen-bond donors (Lipinski definition) is 1. The van der Waals surface area contributed by atoms with Crippen molar-refractivity contribution in [2.75, 3.05) is 26.1 Å². The number of rotatable bonds is 2. The summed E-state index contributed by atoms with van der Waals surface area (Å²) in [6.07, 6.45) is -5.08. The van der Waals surface area contributed by atoms with Crippen molar-refractivity contribution in [3.63, 3.8) is 0 Å². The minimum Gasteiger partial charge on any atom is -0.475 e. The van der Waals surface area contributed by atoms with Gasteiger partial charge in [0.1, 0.15) is 11.0 Å². The molecule has 0 spiro atoms. The molecule has 0 atom stereocenters. The molecule has 0 bridgehead atoms. The quantitative estimate of drug-likeness (QED) is 0.662. The highest BCUT2D eigenvalue weighted by molar-refractivity contribution is 6.29. The molecule has 21 heavy (non-hydrogen) atoms. The SMILES string of the molecule is COC(=O)c1cc(Cl)nc(N(C)C)c1.O=C(O)C(F)(F)F. The van der Waals surface area contributed by atoms with Crippen molar-refractivity contribution >= 4 is 29.4 Å². The number of carbonyl (C=O) groups excluding carboxylic acids is 1. The number of carboxylic acid groups (broad SMARTS) is 1. The van der Waals surface area contributed by atoms with Gasteiger partial charge in [0.2, 0.25) is 0 Å². The van der Waals surface area contributed by atoms with E-state index < -0.39 is 18.1 Å². The summed E-state index contributed by atoms with van der Waals surface area (Å²) in [5.41, 5.74) is 0.399. The lowest BCUT2D eigenvalue weighted by atomic mass is 10.2. The van der Waals surface area contributed by atoms with Gasteiger partial charge >= 0.3 is 18.1 Å². The first kappa shape index (κ1) is 19.0. The fraction of sp³-hybridized carbons (Fsp3) is 0.364. The van der Waals surface area contributed by atoms with Crippen LogP contribution in [-0.4, -0.2) is 49.4 Å². The number of aromatic nitrogens is 1. The van der Waals surface area contributed by atoms with Crippen LogP contribution in [0.4, 0.5) is 19.0 Å². The number of hydrogen-bond acceptors (Lipinski definition) is 5. The number of halogens is 4. The summed E-state index contributed by atoms with van der Waals surface area (Å²) in [4.78, 5) is 25.9. The van der Waals surface area contributed by atoms with Gasteiger partial charge < -0.3 is 14.7 Å². The molecular weight excluding hydrogens is 317 g/mol. The highest BCUT2D eigenvalue weighted by Gasteiger charge is 2.38. The lowest BCUT2D eigenvalue weighted by Gasteiger charge is -2.12. The number of alkyl halides is 3. The van der Waals surface area contributed by atoms with Crippen LogP contribution in [0.15, 0.2) is 12.1 Å². The topological polar surface area (TPSA) is 79.7 Å². The van der Waals surface area contributed by atoms with Crippen LogP contribution in [-0.2, 0) is 9.53 Å². The molecule has 1 N–H and O–H groups in total. The van der Waals surface area contributed by atoms with E-state index in [9.17, 15) is 18.0 Å². The van der Waals surface area contributed by atoms with Crippen molar-refractivity contribution in [1.82, 2.24) is 4.98 Å². The molecule has 1 rings (SSSR count). The van der Waals surface area contributed by atoms with Crippen LogP contribution in [0.3, 0.4) is 0 Å². The van der Waals surface area contributed by atoms with E-state index in [1.54, 1.807) is 11.0 Å². The van der Waals surface area contributed by atoms with Crippen LogP contribution in [0.25, 0.3) is 0 Å². The molecule has 1 heterocycles. The number of esters is 1. The standard InChI is InChI=1S/C9H11ClN2O2.C2HF3O2/c1-12(2)8-5-6(9(13)14-3)4-7(10)11-8;3-2(4,5)1(6)7/h4-5H,1-3H3;(H,6,7). The minimum absolute atomic E-state index is 0.275. The van der Waals surface area contributed by atoms with Gasteiger partial charge in [-0.15, -0.1) is 0 Å². The van der Waals surface area contributed by atoms with Crippen molar-refractivity contribution in [2.24, 2.45) is 0 Å². The number of ether oxygens (including phenoxy) is 1.